The lowest BCUT2D eigenvalue weighted by atomic mass is 10.1. The number of nitrogens with zero attached hydrogens (tertiary/aromatic N) is 1. The van der Waals surface area contributed by atoms with E-state index in [9.17, 15) is 0 Å². The third kappa shape index (κ3) is 7.62. The number of rotatable bonds is 8. The lowest BCUT2D eigenvalue weighted by Gasteiger charge is -2.23. The van der Waals surface area contributed by atoms with Gasteiger partial charge in [0.05, 0.1) is 12.7 Å². The van der Waals surface area contributed by atoms with Crippen LogP contribution in [0.25, 0.3) is 0 Å². The zero-order valence-corrected chi connectivity index (χ0v) is 16.5. The molecule has 0 radical (unpaired) electrons. The van der Waals surface area contributed by atoms with Crippen LogP contribution in [0.5, 0.6) is 5.75 Å². The minimum atomic E-state index is -0.222. The molecule has 1 aromatic rings. The van der Waals surface area contributed by atoms with Gasteiger partial charge in [0, 0.05) is 38.9 Å². The fourth-order valence-corrected chi connectivity index (χ4v) is 2.65. The van der Waals surface area contributed by atoms with Crippen LogP contribution in [0.1, 0.15) is 39.2 Å². The molecule has 0 aromatic heterocycles. The van der Waals surface area contributed by atoms with E-state index in [4.69, 9.17) is 14.2 Å². The highest BCUT2D eigenvalue weighted by molar-refractivity contribution is 5.79. The van der Waals surface area contributed by atoms with Crippen LogP contribution in [0, 0.1) is 0 Å². The molecule has 146 valence electrons. The van der Waals surface area contributed by atoms with Crippen LogP contribution in [-0.4, -0.2) is 51.1 Å². The summed E-state index contributed by atoms with van der Waals surface area (Å²) >= 11 is 0. The maximum absolute atomic E-state index is 6.03. The van der Waals surface area contributed by atoms with Crippen molar-refractivity contribution in [1.82, 2.24) is 10.6 Å². The number of hydrogen-bond donors (Lipinski definition) is 2. The van der Waals surface area contributed by atoms with Gasteiger partial charge in [0.1, 0.15) is 11.4 Å². The molecule has 1 aliphatic heterocycles. The smallest absolute Gasteiger partial charge is 0.191 e. The van der Waals surface area contributed by atoms with Gasteiger partial charge in [-0.25, -0.2) is 0 Å². The van der Waals surface area contributed by atoms with E-state index in [0.29, 0.717) is 6.54 Å². The Labute approximate surface area is 157 Å². The van der Waals surface area contributed by atoms with Gasteiger partial charge < -0.3 is 24.8 Å². The topological polar surface area (TPSA) is 64.1 Å². The van der Waals surface area contributed by atoms with Crippen LogP contribution >= 0.6 is 0 Å². The summed E-state index contributed by atoms with van der Waals surface area (Å²) in [6, 6.07) is 8.08. The molecule has 6 nitrogen and oxygen atoms in total. The second kappa shape index (κ2) is 10.4. The highest BCUT2D eigenvalue weighted by Gasteiger charge is 2.16. The van der Waals surface area contributed by atoms with Crippen LogP contribution in [0.4, 0.5) is 0 Å². The van der Waals surface area contributed by atoms with Crippen molar-refractivity contribution in [2.75, 3.05) is 33.4 Å². The van der Waals surface area contributed by atoms with E-state index in [2.05, 4.69) is 42.5 Å². The van der Waals surface area contributed by atoms with Crippen LogP contribution < -0.4 is 15.4 Å². The first kappa shape index (κ1) is 20.5. The predicted molar refractivity (Wildman–Crippen MR) is 105 cm³/mol. The summed E-state index contributed by atoms with van der Waals surface area (Å²) in [7, 11) is 1.78. The van der Waals surface area contributed by atoms with E-state index in [1.54, 1.807) is 7.05 Å². The maximum Gasteiger partial charge on any atom is 0.191 e. The van der Waals surface area contributed by atoms with Gasteiger partial charge in [0.2, 0.25) is 0 Å². The van der Waals surface area contributed by atoms with Gasteiger partial charge >= 0.3 is 0 Å². The number of nitrogens with one attached hydrogen (secondary N) is 2. The molecule has 6 heteroatoms. The third-order valence-electron chi connectivity index (χ3n) is 3.91. The molecule has 0 spiro atoms. The molecule has 2 rings (SSSR count). The number of guanidine groups is 1. The van der Waals surface area contributed by atoms with Crippen molar-refractivity contribution >= 4 is 5.96 Å². The van der Waals surface area contributed by atoms with Gasteiger partial charge in [-0.05, 0) is 39.7 Å². The van der Waals surface area contributed by atoms with Gasteiger partial charge in [-0.3, -0.25) is 4.99 Å². The summed E-state index contributed by atoms with van der Waals surface area (Å²) in [4.78, 5) is 4.28. The number of hydrogen-bond acceptors (Lipinski definition) is 4. The van der Waals surface area contributed by atoms with E-state index >= 15 is 0 Å². The first-order chi connectivity index (χ1) is 12.5. The van der Waals surface area contributed by atoms with E-state index in [1.165, 1.54) is 0 Å². The van der Waals surface area contributed by atoms with Crippen molar-refractivity contribution in [3.05, 3.63) is 29.8 Å². The van der Waals surface area contributed by atoms with E-state index in [0.717, 1.165) is 56.5 Å². The Morgan fingerprint density at radius 1 is 1.27 bits per heavy atom. The highest BCUT2D eigenvalue weighted by Crippen LogP contribution is 2.22. The first-order valence-corrected chi connectivity index (χ1v) is 9.39. The highest BCUT2D eigenvalue weighted by atomic mass is 16.5. The molecule has 0 saturated carbocycles. The van der Waals surface area contributed by atoms with Crippen molar-refractivity contribution < 1.29 is 14.2 Å². The normalized spacial score (nSPS) is 18.0. The lowest BCUT2D eigenvalue weighted by molar-refractivity contribution is 0.0420. The van der Waals surface area contributed by atoms with Crippen molar-refractivity contribution in [2.24, 2.45) is 4.99 Å². The summed E-state index contributed by atoms with van der Waals surface area (Å²) < 4.78 is 17.1. The monoisotopic (exact) mass is 363 g/mol. The number of ether oxygens (including phenoxy) is 3. The summed E-state index contributed by atoms with van der Waals surface area (Å²) in [5, 5.41) is 6.66. The molecule has 0 amide bonds. The molecular formula is C20H33N3O3. The Hall–Kier alpha value is -1.79. The van der Waals surface area contributed by atoms with Crippen LogP contribution in [0.2, 0.25) is 0 Å². The molecule has 2 N–H and O–H groups in total. The molecular weight excluding hydrogens is 330 g/mol. The van der Waals surface area contributed by atoms with Gasteiger partial charge in [0.25, 0.3) is 0 Å². The zero-order chi connectivity index (χ0) is 18.8. The van der Waals surface area contributed by atoms with Crippen molar-refractivity contribution in [3.63, 3.8) is 0 Å². The van der Waals surface area contributed by atoms with Gasteiger partial charge in [0.15, 0.2) is 5.96 Å². The summed E-state index contributed by atoms with van der Waals surface area (Å²) in [6.07, 6.45) is 2.21. The zero-order valence-electron chi connectivity index (χ0n) is 16.5. The van der Waals surface area contributed by atoms with Crippen molar-refractivity contribution in [2.45, 2.75) is 51.9 Å². The minimum absolute atomic E-state index is 0.222. The van der Waals surface area contributed by atoms with E-state index in [1.807, 2.05) is 18.2 Å². The van der Waals surface area contributed by atoms with E-state index < -0.39 is 0 Å². The minimum Gasteiger partial charge on any atom is -0.488 e. The largest absolute Gasteiger partial charge is 0.488 e. The van der Waals surface area contributed by atoms with Crippen LogP contribution in [-0.2, 0) is 16.0 Å². The SMILES string of the molecule is CN=C(NCCCOC1CCOC1)NCc1ccccc1OC(C)(C)C. The van der Waals surface area contributed by atoms with Gasteiger partial charge in [-0.15, -0.1) is 0 Å². The molecule has 26 heavy (non-hydrogen) atoms. The number of aliphatic imine (C=N–C) groups is 1. The lowest BCUT2D eigenvalue weighted by Crippen LogP contribution is -2.38. The second-order valence-electron chi connectivity index (χ2n) is 7.38. The molecule has 0 bridgehead atoms. The molecule has 1 aromatic carbocycles. The van der Waals surface area contributed by atoms with Crippen LogP contribution in [0.15, 0.2) is 29.3 Å². The number of para-hydroxylation sites is 1. The first-order valence-electron chi connectivity index (χ1n) is 9.39. The maximum atomic E-state index is 6.03. The van der Waals surface area contributed by atoms with Gasteiger partial charge in [-0.2, -0.15) is 0 Å². The number of benzene rings is 1. The van der Waals surface area contributed by atoms with Crippen molar-refractivity contribution in [1.29, 1.82) is 0 Å². The average molecular weight is 364 g/mol. The quantitative estimate of drug-likeness (QED) is 0.422. The summed E-state index contributed by atoms with van der Waals surface area (Å²) in [5.41, 5.74) is 0.885. The van der Waals surface area contributed by atoms with Crippen LogP contribution in [0.3, 0.4) is 0 Å². The predicted octanol–water partition coefficient (Wildman–Crippen LogP) is 2.72. The molecule has 0 aliphatic carbocycles. The molecule has 1 aliphatic rings. The Morgan fingerprint density at radius 3 is 2.77 bits per heavy atom. The Morgan fingerprint density at radius 2 is 2.08 bits per heavy atom. The second-order valence-corrected chi connectivity index (χ2v) is 7.38. The molecule has 1 atom stereocenters. The fraction of sp³-hybridized carbons (Fsp3) is 0.650. The van der Waals surface area contributed by atoms with Crippen molar-refractivity contribution in [3.8, 4) is 5.75 Å². The molecule has 1 fully saturated rings. The Balaban J connectivity index is 1.71. The molecule has 1 unspecified atom stereocenters. The average Bonchev–Trinajstić information content (AvgIpc) is 3.10. The Bertz CT molecular complexity index is 564. The third-order valence-corrected chi connectivity index (χ3v) is 3.91. The summed E-state index contributed by atoms with van der Waals surface area (Å²) in [5.74, 6) is 1.68. The Kier molecular flexibility index (Phi) is 8.19. The molecule has 1 heterocycles. The summed E-state index contributed by atoms with van der Waals surface area (Å²) in [6.45, 7) is 9.91. The standard InChI is InChI=1S/C20H33N3O3/c1-20(2,3)26-18-9-6-5-8-16(18)14-23-19(21-4)22-11-7-12-25-17-10-13-24-15-17/h5-6,8-9,17H,7,10-15H2,1-4H3,(H2,21,22,23). The fourth-order valence-electron chi connectivity index (χ4n) is 2.65. The molecule has 1 saturated heterocycles. The van der Waals surface area contributed by atoms with E-state index in [-0.39, 0.29) is 11.7 Å². The van der Waals surface area contributed by atoms with Gasteiger partial charge in [-0.1, -0.05) is 18.2 Å².